The summed E-state index contributed by atoms with van der Waals surface area (Å²) in [7, 11) is -3.48. The van der Waals surface area contributed by atoms with Crippen molar-refractivity contribution in [2.75, 3.05) is 6.54 Å². The van der Waals surface area contributed by atoms with Crippen LogP contribution in [0.2, 0.25) is 0 Å². The van der Waals surface area contributed by atoms with Gasteiger partial charge in [-0.2, -0.15) is 0 Å². The van der Waals surface area contributed by atoms with Crippen molar-refractivity contribution in [3.05, 3.63) is 28.7 Å². The van der Waals surface area contributed by atoms with Crippen LogP contribution in [0.25, 0.3) is 0 Å². The average Bonchev–Trinajstić information content (AvgIpc) is 2.73. The van der Waals surface area contributed by atoms with Crippen molar-refractivity contribution in [2.24, 2.45) is 5.16 Å². The third-order valence-electron chi connectivity index (χ3n) is 2.51. The monoisotopic (exact) mass is 332 g/mol. The molecule has 0 amide bonds. The molecule has 0 fully saturated rings. The summed E-state index contributed by atoms with van der Waals surface area (Å²) >= 11 is 3.26. The van der Waals surface area contributed by atoms with E-state index in [0.29, 0.717) is 6.42 Å². The maximum absolute atomic E-state index is 12.0. The van der Waals surface area contributed by atoms with Crippen LogP contribution in [0.5, 0.6) is 0 Å². The van der Waals surface area contributed by atoms with E-state index in [9.17, 15) is 8.42 Å². The fourth-order valence-electron chi connectivity index (χ4n) is 1.58. The Morgan fingerprint density at radius 1 is 1.44 bits per heavy atom. The lowest BCUT2D eigenvalue weighted by Gasteiger charge is -2.10. The number of sulfonamides is 1. The zero-order chi connectivity index (χ0) is 13.2. The Kier molecular flexibility index (Phi) is 4.04. The quantitative estimate of drug-likeness (QED) is 0.915. The Labute approximate surface area is 114 Å². The molecule has 18 heavy (non-hydrogen) atoms. The van der Waals surface area contributed by atoms with Gasteiger partial charge in [0.25, 0.3) is 0 Å². The minimum atomic E-state index is -3.48. The number of nitrogens with one attached hydrogen (secondary N) is 1. The zero-order valence-corrected chi connectivity index (χ0v) is 12.2. The number of nitrogens with zero attached hydrogens (tertiary/aromatic N) is 1. The Bertz CT molecular complexity index is 554. The lowest BCUT2D eigenvalue weighted by atomic mass is 10.2. The van der Waals surface area contributed by atoms with Crippen molar-refractivity contribution in [1.29, 1.82) is 0 Å². The van der Waals surface area contributed by atoms with E-state index in [2.05, 4.69) is 25.8 Å². The van der Waals surface area contributed by atoms with Gasteiger partial charge in [0.15, 0.2) is 0 Å². The highest BCUT2D eigenvalue weighted by Crippen LogP contribution is 2.15. The van der Waals surface area contributed by atoms with Gasteiger partial charge in [-0.15, -0.1) is 0 Å². The van der Waals surface area contributed by atoms with Gasteiger partial charge < -0.3 is 4.84 Å². The normalized spacial score (nSPS) is 19.4. The van der Waals surface area contributed by atoms with Gasteiger partial charge >= 0.3 is 0 Å². The molecule has 0 saturated carbocycles. The number of halogens is 1. The van der Waals surface area contributed by atoms with Crippen molar-refractivity contribution in [3.63, 3.8) is 0 Å². The molecule has 0 saturated heterocycles. The number of rotatable bonds is 4. The lowest BCUT2D eigenvalue weighted by molar-refractivity contribution is 0.0891. The summed E-state index contributed by atoms with van der Waals surface area (Å²) in [6.45, 7) is 2.07. The minimum Gasteiger partial charge on any atom is -0.391 e. The van der Waals surface area contributed by atoms with Gasteiger partial charge in [-0.3, -0.25) is 0 Å². The van der Waals surface area contributed by atoms with Crippen LogP contribution in [0.4, 0.5) is 0 Å². The number of oxime groups is 1. The summed E-state index contributed by atoms with van der Waals surface area (Å²) in [5.74, 6) is 0. The molecule has 0 radical (unpaired) electrons. The molecule has 0 bridgehead atoms. The van der Waals surface area contributed by atoms with Gasteiger partial charge in [0.1, 0.15) is 6.10 Å². The van der Waals surface area contributed by atoms with Crippen LogP contribution >= 0.6 is 15.9 Å². The Balaban J connectivity index is 1.98. The topological polar surface area (TPSA) is 67.8 Å². The summed E-state index contributed by atoms with van der Waals surface area (Å²) in [5.41, 5.74) is 0.878. The van der Waals surface area contributed by atoms with Gasteiger partial charge in [0.05, 0.1) is 17.2 Å². The first-order chi connectivity index (χ1) is 8.47. The summed E-state index contributed by atoms with van der Waals surface area (Å²) in [6.07, 6.45) is 0.443. The van der Waals surface area contributed by atoms with Gasteiger partial charge in [-0.05, 0) is 31.2 Å². The molecular formula is C11H13BrN2O3S. The van der Waals surface area contributed by atoms with Crippen LogP contribution in [0.3, 0.4) is 0 Å². The molecule has 1 heterocycles. The van der Waals surface area contributed by atoms with Gasteiger partial charge in [-0.1, -0.05) is 21.1 Å². The number of hydrogen-bond acceptors (Lipinski definition) is 4. The molecule has 1 atom stereocenters. The molecule has 0 aromatic heterocycles. The third-order valence-corrected chi connectivity index (χ3v) is 4.47. The van der Waals surface area contributed by atoms with E-state index >= 15 is 0 Å². The van der Waals surface area contributed by atoms with E-state index in [4.69, 9.17) is 4.84 Å². The lowest BCUT2D eigenvalue weighted by Crippen LogP contribution is -2.32. The highest BCUT2D eigenvalue weighted by Gasteiger charge is 2.21. The highest BCUT2D eigenvalue weighted by molar-refractivity contribution is 9.10. The molecule has 5 nitrogen and oxygen atoms in total. The van der Waals surface area contributed by atoms with Crippen molar-refractivity contribution < 1.29 is 13.3 Å². The Morgan fingerprint density at radius 2 is 2.11 bits per heavy atom. The second-order valence-corrected chi connectivity index (χ2v) is 6.75. The first kappa shape index (κ1) is 13.5. The first-order valence-corrected chi connectivity index (χ1v) is 7.69. The van der Waals surface area contributed by atoms with E-state index in [1.165, 1.54) is 0 Å². The van der Waals surface area contributed by atoms with Gasteiger partial charge in [0, 0.05) is 10.9 Å². The fourth-order valence-corrected chi connectivity index (χ4v) is 2.91. The molecule has 1 aliphatic rings. The molecule has 7 heteroatoms. The van der Waals surface area contributed by atoms with Crippen LogP contribution in [-0.2, 0) is 14.9 Å². The molecule has 1 N–H and O–H groups in total. The fraction of sp³-hybridized carbons (Fsp3) is 0.364. The van der Waals surface area contributed by atoms with E-state index < -0.39 is 10.0 Å². The third kappa shape index (κ3) is 3.30. The van der Waals surface area contributed by atoms with Crippen molar-refractivity contribution in [2.45, 2.75) is 24.3 Å². The second kappa shape index (κ2) is 5.38. The molecular weight excluding hydrogens is 320 g/mol. The average molecular weight is 333 g/mol. The molecule has 1 aromatic rings. The molecule has 1 aromatic carbocycles. The van der Waals surface area contributed by atoms with Crippen molar-refractivity contribution in [1.82, 2.24) is 4.72 Å². The van der Waals surface area contributed by atoms with Crippen molar-refractivity contribution >= 4 is 31.7 Å². The molecule has 2 rings (SSSR count). The molecule has 98 valence electrons. The predicted molar refractivity (Wildman–Crippen MR) is 71.9 cm³/mol. The standard InChI is InChI=1S/C11H13BrN2O3S/c1-8-6-10(17-14-8)7-13-18(15,16)11-4-2-9(12)3-5-11/h2-5,10,13H,6-7H2,1H3. The second-order valence-electron chi connectivity index (χ2n) is 4.06. The van der Waals surface area contributed by atoms with Crippen LogP contribution in [0.1, 0.15) is 13.3 Å². The minimum absolute atomic E-state index is 0.213. The predicted octanol–water partition coefficient (Wildman–Crippen LogP) is 1.89. The maximum Gasteiger partial charge on any atom is 0.240 e. The maximum atomic E-state index is 12.0. The SMILES string of the molecule is CC1=NOC(CNS(=O)(=O)c2ccc(Br)cc2)C1. The highest BCUT2D eigenvalue weighted by atomic mass is 79.9. The van der Waals surface area contributed by atoms with Gasteiger partial charge in [0.2, 0.25) is 10.0 Å². The summed E-state index contributed by atoms with van der Waals surface area (Å²) in [5, 5.41) is 3.78. The smallest absolute Gasteiger partial charge is 0.240 e. The van der Waals surface area contributed by atoms with E-state index in [1.54, 1.807) is 24.3 Å². The van der Waals surface area contributed by atoms with E-state index in [1.807, 2.05) is 6.92 Å². The number of hydrogen-bond donors (Lipinski definition) is 1. The van der Waals surface area contributed by atoms with Gasteiger partial charge in [-0.25, -0.2) is 13.1 Å². The zero-order valence-electron chi connectivity index (χ0n) is 9.76. The Morgan fingerprint density at radius 3 is 2.67 bits per heavy atom. The van der Waals surface area contributed by atoms with Crippen LogP contribution in [-0.4, -0.2) is 26.8 Å². The largest absolute Gasteiger partial charge is 0.391 e. The van der Waals surface area contributed by atoms with E-state index in [-0.39, 0.29) is 17.5 Å². The van der Waals surface area contributed by atoms with E-state index in [0.717, 1.165) is 10.2 Å². The molecule has 0 aliphatic carbocycles. The Hall–Kier alpha value is -0.920. The van der Waals surface area contributed by atoms with Crippen LogP contribution < -0.4 is 4.72 Å². The van der Waals surface area contributed by atoms with Crippen LogP contribution in [0, 0.1) is 0 Å². The summed E-state index contributed by atoms with van der Waals surface area (Å²) in [6, 6.07) is 6.47. The molecule has 0 spiro atoms. The first-order valence-electron chi connectivity index (χ1n) is 5.42. The molecule has 1 unspecified atom stereocenters. The summed E-state index contributed by atoms with van der Waals surface area (Å²) < 4.78 is 27.3. The van der Waals surface area contributed by atoms with Crippen LogP contribution in [0.15, 0.2) is 38.8 Å². The van der Waals surface area contributed by atoms with Crippen molar-refractivity contribution in [3.8, 4) is 0 Å². The number of benzene rings is 1. The summed E-state index contributed by atoms with van der Waals surface area (Å²) in [4.78, 5) is 5.31. The molecule has 1 aliphatic heterocycles.